The van der Waals surface area contributed by atoms with Gasteiger partial charge in [-0.05, 0) is 42.0 Å². The van der Waals surface area contributed by atoms with E-state index in [-0.39, 0.29) is 12.4 Å². The predicted molar refractivity (Wildman–Crippen MR) is 68.3 cm³/mol. The van der Waals surface area contributed by atoms with Crippen LogP contribution in [0, 0.1) is 17.3 Å². The topological polar surface area (TPSA) is 42.2 Å². The van der Waals surface area contributed by atoms with Gasteiger partial charge in [0.1, 0.15) is 12.4 Å². The van der Waals surface area contributed by atoms with Crippen molar-refractivity contribution in [2.24, 2.45) is 0 Å². The number of nitriles is 1. The second kappa shape index (κ2) is 6.07. The van der Waals surface area contributed by atoms with Gasteiger partial charge in [0.05, 0.1) is 0 Å². The summed E-state index contributed by atoms with van der Waals surface area (Å²) in [6, 6.07) is 10.9. The summed E-state index contributed by atoms with van der Waals surface area (Å²) in [5, 5.41) is 8.90. The number of benzene rings is 2. The summed E-state index contributed by atoms with van der Waals surface area (Å²) in [6.07, 6.45) is 1.56. The van der Waals surface area contributed by atoms with Gasteiger partial charge in [-0.3, -0.25) is 0 Å². The number of hydrogen-bond acceptors (Lipinski definition) is 3. The van der Waals surface area contributed by atoms with Crippen LogP contribution in [0.15, 0.2) is 42.5 Å². The first kappa shape index (κ1) is 13.2. The number of halogens is 2. The molecular formula is C14H9ClFNO2. The van der Waals surface area contributed by atoms with Crippen molar-refractivity contribution >= 4 is 11.6 Å². The lowest BCUT2D eigenvalue weighted by Gasteiger charge is -2.08. The molecule has 0 bridgehead atoms. The Bertz CT molecular complexity index is 608. The first-order valence-corrected chi connectivity index (χ1v) is 5.79. The van der Waals surface area contributed by atoms with Gasteiger partial charge < -0.3 is 9.47 Å². The SMILES string of the molecule is N#COCc1ccc(F)c(Oc2ccc(Cl)cc2)c1. The molecule has 0 radical (unpaired) electrons. The highest BCUT2D eigenvalue weighted by molar-refractivity contribution is 6.30. The van der Waals surface area contributed by atoms with E-state index in [1.165, 1.54) is 18.2 Å². The summed E-state index contributed by atoms with van der Waals surface area (Å²) < 4.78 is 23.6. The van der Waals surface area contributed by atoms with Gasteiger partial charge in [-0.25, -0.2) is 4.39 Å². The summed E-state index contributed by atoms with van der Waals surface area (Å²) in [7, 11) is 0. The van der Waals surface area contributed by atoms with Crippen molar-refractivity contribution in [3.05, 3.63) is 58.9 Å². The Balaban J connectivity index is 2.19. The van der Waals surface area contributed by atoms with Crippen LogP contribution in [-0.4, -0.2) is 0 Å². The van der Waals surface area contributed by atoms with Gasteiger partial charge in [0.25, 0.3) is 6.26 Å². The molecule has 0 aliphatic rings. The van der Waals surface area contributed by atoms with Crippen molar-refractivity contribution in [2.75, 3.05) is 0 Å². The Morgan fingerprint density at radius 2 is 1.89 bits per heavy atom. The zero-order chi connectivity index (χ0) is 13.7. The molecular weight excluding hydrogens is 269 g/mol. The van der Waals surface area contributed by atoms with Crippen LogP contribution >= 0.6 is 11.6 Å². The van der Waals surface area contributed by atoms with E-state index < -0.39 is 5.82 Å². The first-order chi connectivity index (χ1) is 9.19. The molecule has 0 saturated heterocycles. The van der Waals surface area contributed by atoms with Gasteiger partial charge in [-0.2, -0.15) is 5.26 Å². The molecule has 0 saturated carbocycles. The van der Waals surface area contributed by atoms with Crippen LogP contribution in [0.5, 0.6) is 11.5 Å². The predicted octanol–water partition coefficient (Wildman–Crippen LogP) is 4.27. The van der Waals surface area contributed by atoms with Crippen molar-refractivity contribution in [3.63, 3.8) is 0 Å². The molecule has 0 aromatic heterocycles. The van der Waals surface area contributed by atoms with Crippen LogP contribution in [0.2, 0.25) is 5.02 Å². The van der Waals surface area contributed by atoms with Crippen LogP contribution in [-0.2, 0) is 11.3 Å². The van der Waals surface area contributed by atoms with Crippen LogP contribution in [0.1, 0.15) is 5.56 Å². The van der Waals surface area contributed by atoms with E-state index in [1.54, 1.807) is 30.5 Å². The number of nitrogens with zero attached hydrogens (tertiary/aromatic N) is 1. The van der Waals surface area contributed by atoms with Gasteiger partial charge in [-0.1, -0.05) is 17.7 Å². The third kappa shape index (κ3) is 3.60. The first-order valence-electron chi connectivity index (χ1n) is 5.42. The molecule has 0 unspecified atom stereocenters. The fourth-order valence-corrected chi connectivity index (χ4v) is 1.59. The molecule has 2 aromatic carbocycles. The third-order valence-electron chi connectivity index (χ3n) is 2.34. The third-order valence-corrected chi connectivity index (χ3v) is 2.59. The van der Waals surface area contributed by atoms with Crippen LogP contribution in [0.4, 0.5) is 4.39 Å². The summed E-state index contributed by atoms with van der Waals surface area (Å²) >= 11 is 5.75. The molecule has 3 nitrogen and oxygen atoms in total. The molecule has 0 heterocycles. The molecule has 0 fully saturated rings. The fourth-order valence-electron chi connectivity index (χ4n) is 1.46. The van der Waals surface area contributed by atoms with Gasteiger partial charge >= 0.3 is 0 Å². The smallest absolute Gasteiger partial charge is 0.286 e. The van der Waals surface area contributed by atoms with E-state index in [0.29, 0.717) is 16.3 Å². The van der Waals surface area contributed by atoms with Crippen molar-refractivity contribution in [2.45, 2.75) is 6.61 Å². The number of hydrogen-bond donors (Lipinski definition) is 0. The zero-order valence-electron chi connectivity index (χ0n) is 9.77. The van der Waals surface area contributed by atoms with E-state index in [2.05, 4.69) is 4.74 Å². The van der Waals surface area contributed by atoms with E-state index in [0.717, 1.165) is 0 Å². The number of ether oxygens (including phenoxy) is 2. The molecule has 0 atom stereocenters. The van der Waals surface area contributed by atoms with Gasteiger partial charge in [-0.15, -0.1) is 0 Å². The number of rotatable bonds is 4. The molecule has 2 aromatic rings. The van der Waals surface area contributed by atoms with E-state index in [4.69, 9.17) is 21.6 Å². The van der Waals surface area contributed by atoms with E-state index >= 15 is 0 Å². The standard InChI is InChI=1S/C14H9ClFNO2/c15-11-2-4-12(5-3-11)19-14-7-10(8-18-9-17)1-6-13(14)16/h1-7H,8H2. The highest BCUT2D eigenvalue weighted by Gasteiger charge is 2.07. The molecule has 0 amide bonds. The second-order valence-corrected chi connectivity index (χ2v) is 4.14. The van der Waals surface area contributed by atoms with Crippen molar-refractivity contribution in [1.29, 1.82) is 5.26 Å². The maximum Gasteiger partial charge on any atom is 0.286 e. The molecule has 5 heteroatoms. The lowest BCUT2D eigenvalue weighted by molar-refractivity contribution is 0.257. The Labute approximate surface area is 114 Å². The maximum atomic E-state index is 13.6. The molecule has 19 heavy (non-hydrogen) atoms. The Hall–Kier alpha value is -2.25. The van der Waals surface area contributed by atoms with Crippen LogP contribution in [0.3, 0.4) is 0 Å². The molecule has 0 aliphatic heterocycles. The zero-order valence-corrected chi connectivity index (χ0v) is 10.5. The Kier molecular flexibility index (Phi) is 4.22. The lowest BCUT2D eigenvalue weighted by Crippen LogP contribution is -1.92. The maximum absolute atomic E-state index is 13.6. The Morgan fingerprint density at radius 3 is 2.58 bits per heavy atom. The van der Waals surface area contributed by atoms with Gasteiger partial charge in [0.2, 0.25) is 0 Å². The Morgan fingerprint density at radius 1 is 1.16 bits per heavy atom. The minimum absolute atomic E-state index is 0.0707. The lowest BCUT2D eigenvalue weighted by atomic mass is 10.2. The monoisotopic (exact) mass is 277 g/mol. The molecule has 0 aliphatic carbocycles. The molecule has 0 N–H and O–H groups in total. The average Bonchev–Trinajstić information content (AvgIpc) is 2.42. The molecule has 2 rings (SSSR count). The summed E-state index contributed by atoms with van der Waals surface area (Å²) in [6.45, 7) is 0.0771. The highest BCUT2D eigenvalue weighted by atomic mass is 35.5. The van der Waals surface area contributed by atoms with Crippen LogP contribution < -0.4 is 4.74 Å². The van der Waals surface area contributed by atoms with Crippen molar-refractivity contribution in [1.82, 2.24) is 0 Å². The highest BCUT2D eigenvalue weighted by Crippen LogP contribution is 2.26. The van der Waals surface area contributed by atoms with Gasteiger partial charge in [0.15, 0.2) is 11.6 Å². The van der Waals surface area contributed by atoms with E-state index in [9.17, 15) is 4.39 Å². The summed E-state index contributed by atoms with van der Waals surface area (Å²) in [5.74, 6) is 0.0543. The normalized spacial score (nSPS) is 9.74. The second-order valence-electron chi connectivity index (χ2n) is 3.70. The summed E-state index contributed by atoms with van der Waals surface area (Å²) in [5.41, 5.74) is 0.645. The largest absolute Gasteiger partial charge is 0.454 e. The quantitative estimate of drug-likeness (QED) is 0.784. The van der Waals surface area contributed by atoms with E-state index in [1.807, 2.05) is 0 Å². The fraction of sp³-hybridized carbons (Fsp3) is 0.0714. The minimum Gasteiger partial charge on any atom is -0.454 e. The minimum atomic E-state index is -0.490. The molecule has 0 spiro atoms. The average molecular weight is 278 g/mol. The molecule has 96 valence electrons. The van der Waals surface area contributed by atoms with Crippen molar-refractivity contribution in [3.8, 4) is 17.8 Å². The van der Waals surface area contributed by atoms with Crippen molar-refractivity contribution < 1.29 is 13.9 Å². The van der Waals surface area contributed by atoms with Crippen LogP contribution in [0.25, 0.3) is 0 Å². The van der Waals surface area contributed by atoms with Gasteiger partial charge in [0, 0.05) is 5.02 Å². The summed E-state index contributed by atoms with van der Waals surface area (Å²) in [4.78, 5) is 0.